The lowest BCUT2D eigenvalue weighted by molar-refractivity contribution is -0.147. The molecule has 1 amide bonds. The maximum atomic E-state index is 11.8. The van der Waals surface area contributed by atoms with E-state index < -0.39 is 5.97 Å². The molecule has 0 aliphatic heterocycles. The topological polar surface area (TPSA) is 55.4 Å². The number of benzene rings is 2. The molecule has 24 heavy (non-hydrogen) atoms. The summed E-state index contributed by atoms with van der Waals surface area (Å²) in [5.74, 6) is -0.649. The molecule has 0 fully saturated rings. The molecule has 0 unspecified atom stereocenters. The van der Waals surface area contributed by atoms with Gasteiger partial charge in [-0.3, -0.25) is 9.59 Å². The Labute approximate surface area is 142 Å². The fourth-order valence-electron chi connectivity index (χ4n) is 2.27. The maximum absolute atomic E-state index is 11.8. The lowest BCUT2D eigenvalue weighted by Crippen LogP contribution is -2.29. The highest BCUT2D eigenvalue weighted by Gasteiger charge is 2.08. The first kappa shape index (κ1) is 17.7. The van der Waals surface area contributed by atoms with Crippen LogP contribution in [0, 0.1) is 0 Å². The number of carbonyl (C=O) groups excluding carboxylic acids is 2. The summed E-state index contributed by atoms with van der Waals surface area (Å²) in [4.78, 5) is 23.3. The number of hydrogen-bond donors (Lipinski definition) is 1. The summed E-state index contributed by atoms with van der Waals surface area (Å²) in [6.45, 7) is 2.45. The number of rotatable bonds is 8. The van der Waals surface area contributed by atoms with E-state index in [1.165, 1.54) is 0 Å². The quantitative estimate of drug-likeness (QED) is 0.598. The van der Waals surface area contributed by atoms with Gasteiger partial charge in [0, 0.05) is 6.54 Å². The molecule has 0 aromatic heterocycles. The standard InChI is InChI=1S/C20H23NO3/c1-2-3-13-21-19(22)15-24-20(23)14-16-9-11-18(12-10-16)17-7-5-4-6-8-17/h4-12H,2-3,13-15H2,1H3,(H,21,22). The SMILES string of the molecule is CCCCNC(=O)COC(=O)Cc1ccc(-c2ccccc2)cc1. The molecule has 0 radical (unpaired) electrons. The van der Waals surface area contributed by atoms with Gasteiger partial charge in [-0.25, -0.2) is 0 Å². The molecule has 0 saturated heterocycles. The third-order valence-corrected chi connectivity index (χ3v) is 3.63. The van der Waals surface area contributed by atoms with Gasteiger partial charge in [0.2, 0.25) is 0 Å². The Hall–Kier alpha value is -2.62. The van der Waals surface area contributed by atoms with Crippen LogP contribution in [-0.4, -0.2) is 25.0 Å². The number of ether oxygens (including phenoxy) is 1. The van der Waals surface area contributed by atoms with Crippen LogP contribution in [0.2, 0.25) is 0 Å². The first-order valence-electron chi connectivity index (χ1n) is 8.25. The minimum atomic E-state index is -0.395. The smallest absolute Gasteiger partial charge is 0.310 e. The Morgan fingerprint density at radius 2 is 1.62 bits per heavy atom. The number of nitrogens with one attached hydrogen (secondary N) is 1. The Balaban J connectivity index is 1.79. The summed E-state index contributed by atoms with van der Waals surface area (Å²) in [6.07, 6.45) is 2.10. The van der Waals surface area contributed by atoms with Crippen molar-refractivity contribution in [2.24, 2.45) is 0 Å². The van der Waals surface area contributed by atoms with Gasteiger partial charge in [0.05, 0.1) is 6.42 Å². The van der Waals surface area contributed by atoms with Crippen molar-refractivity contribution in [2.75, 3.05) is 13.2 Å². The van der Waals surface area contributed by atoms with Crippen molar-refractivity contribution in [3.63, 3.8) is 0 Å². The Kier molecular flexibility index (Phi) is 7.02. The van der Waals surface area contributed by atoms with Gasteiger partial charge in [0.25, 0.3) is 5.91 Å². The van der Waals surface area contributed by atoms with Gasteiger partial charge in [0.15, 0.2) is 6.61 Å². The minimum Gasteiger partial charge on any atom is -0.455 e. The van der Waals surface area contributed by atoms with Crippen molar-refractivity contribution >= 4 is 11.9 Å². The molecular weight excluding hydrogens is 302 g/mol. The van der Waals surface area contributed by atoms with Crippen molar-refractivity contribution in [1.29, 1.82) is 0 Å². The molecule has 2 aromatic carbocycles. The van der Waals surface area contributed by atoms with E-state index in [2.05, 4.69) is 12.2 Å². The second-order valence-electron chi connectivity index (χ2n) is 5.60. The van der Waals surface area contributed by atoms with Crippen molar-refractivity contribution in [3.05, 3.63) is 60.2 Å². The fourth-order valence-corrected chi connectivity index (χ4v) is 2.27. The highest BCUT2D eigenvalue weighted by Crippen LogP contribution is 2.19. The Morgan fingerprint density at radius 3 is 2.29 bits per heavy atom. The molecule has 4 nitrogen and oxygen atoms in total. The molecule has 2 aromatic rings. The zero-order valence-electron chi connectivity index (χ0n) is 14.0. The molecule has 0 heterocycles. The van der Waals surface area contributed by atoms with E-state index in [-0.39, 0.29) is 18.9 Å². The first-order valence-corrected chi connectivity index (χ1v) is 8.25. The van der Waals surface area contributed by atoms with Gasteiger partial charge < -0.3 is 10.1 Å². The molecule has 126 valence electrons. The number of esters is 1. The van der Waals surface area contributed by atoms with Crippen molar-refractivity contribution < 1.29 is 14.3 Å². The van der Waals surface area contributed by atoms with Gasteiger partial charge >= 0.3 is 5.97 Å². The predicted molar refractivity (Wildman–Crippen MR) is 94.5 cm³/mol. The average Bonchev–Trinajstić information content (AvgIpc) is 2.62. The largest absolute Gasteiger partial charge is 0.455 e. The fraction of sp³-hybridized carbons (Fsp3) is 0.300. The van der Waals surface area contributed by atoms with Crippen molar-refractivity contribution in [3.8, 4) is 11.1 Å². The summed E-state index contributed by atoms with van der Waals surface area (Å²) in [7, 11) is 0. The molecule has 2 rings (SSSR count). The van der Waals surface area contributed by atoms with Crippen LogP contribution in [0.1, 0.15) is 25.3 Å². The molecule has 0 saturated carbocycles. The average molecular weight is 325 g/mol. The Morgan fingerprint density at radius 1 is 0.958 bits per heavy atom. The number of amides is 1. The van der Waals surface area contributed by atoms with E-state index in [1.54, 1.807) is 0 Å². The van der Waals surface area contributed by atoms with Gasteiger partial charge in [-0.05, 0) is 23.1 Å². The van der Waals surface area contributed by atoms with E-state index in [0.717, 1.165) is 29.5 Å². The van der Waals surface area contributed by atoms with Crippen LogP contribution < -0.4 is 5.32 Å². The molecule has 0 bridgehead atoms. The van der Waals surface area contributed by atoms with E-state index in [1.807, 2.05) is 54.6 Å². The van der Waals surface area contributed by atoms with Crippen LogP contribution >= 0.6 is 0 Å². The van der Waals surface area contributed by atoms with Gasteiger partial charge in [-0.2, -0.15) is 0 Å². The molecule has 1 N–H and O–H groups in total. The summed E-state index contributed by atoms with van der Waals surface area (Å²) in [5.41, 5.74) is 3.10. The van der Waals surface area contributed by atoms with Crippen molar-refractivity contribution in [1.82, 2.24) is 5.32 Å². The highest BCUT2D eigenvalue weighted by molar-refractivity contribution is 5.81. The van der Waals surface area contributed by atoms with Gasteiger partial charge in [-0.1, -0.05) is 67.9 Å². The second-order valence-corrected chi connectivity index (χ2v) is 5.60. The zero-order valence-corrected chi connectivity index (χ0v) is 14.0. The molecule has 0 spiro atoms. The van der Waals surface area contributed by atoms with Crippen LogP contribution in [0.5, 0.6) is 0 Å². The Bertz CT molecular complexity index is 650. The number of carbonyl (C=O) groups is 2. The van der Waals surface area contributed by atoms with Gasteiger partial charge in [0.1, 0.15) is 0 Å². The number of hydrogen-bond acceptors (Lipinski definition) is 3. The lowest BCUT2D eigenvalue weighted by atomic mass is 10.0. The van der Waals surface area contributed by atoms with E-state index >= 15 is 0 Å². The summed E-state index contributed by atoms with van der Waals surface area (Å²) >= 11 is 0. The van der Waals surface area contributed by atoms with Crippen LogP contribution in [-0.2, 0) is 20.7 Å². The summed E-state index contributed by atoms with van der Waals surface area (Å²) < 4.78 is 5.00. The second kappa shape index (κ2) is 9.50. The third-order valence-electron chi connectivity index (χ3n) is 3.63. The van der Waals surface area contributed by atoms with E-state index in [4.69, 9.17) is 4.74 Å². The van der Waals surface area contributed by atoms with Crippen molar-refractivity contribution in [2.45, 2.75) is 26.2 Å². The molecule has 0 atom stereocenters. The molecule has 4 heteroatoms. The third kappa shape index (κ3) is 5.88. The summed E-state index contributed by atoms with van der Waals surface area (Å²) in [6, 6.07) is 17.8. The van der Waals surface area contributed by atoms with Crippen LogP contribution in [0.3, 0.4) is 0 Å². The number of unbranched alkanes of at least 4 members (excludes halogenated alkanes) is 1. The van der Waals surface area contributed by atoms with Crippen LogP contribution in [0.25, 0.3) is 11.1 Å². The monoisotopic (exact) mass is 325 g/mol. The minimum absolute atomic E-state index is 0.164. The summed E-state index contributed by atoms with van der Waals surface area (Å²) in [5, 5.41) is 2.71. The van der Waals surface area contributed by atoms with E-state index in [0.29, 0.717) is 6.54 Å². The first-order chi connectivity index (χ1) is 11.7. The molecule has 0 aliphatic rings. The van der Waals surface area contributed by atoms with Crippen LogP contribution in [0.15, 0.2) is 54.6 Å². The van der Waals surface area contributed by atoms with Gasteiger partial charge in [-0.15, -0.1) is 0 Å². The molecule has 0 aliphatic carbocycles. The van der Waals surface area contributed by atoms with Crippen LogP contribution in [0.4, 0.5) is 0 Å². The van der Waals surface area contributed by atoms with E-state index in [9.17, 15) is 9.59 Å². The predicted octanol–water partition coefficient (Wildman–Crippen LogP) is 3.36. The maximum Gasteiger partial charge on any atom is 0.310 e. The normalized spacial score (nSPS) is 10.2. The molecular formula is C20H23NO3. The zero-order chi connectivity index (χ0) is 17.2. The lowest BCUT2D eigenvalue weighted by Gasteiger charge is -2.07. The highest BCUT2D eigenvalue weighted by atomic mass is 16.5.